The summed E-state index contributed by atoms with van der Waals surface area (Å²) in [6.07, 6.45) is 1.59. The number of nitrogens with one attached hydrogen (secondary N) is 2. The second-order valence-corrected chi connectivity index (χ2v) is 6.15. The molecular formula is C22H23N3O4. The van der Waals surface area contributed by atoms with Crippen LogP contribution < -0.4 is 24.8 Å². The zero-order valence-corrected chi connectivity index (χ0v) is 16.6. The van der Waals surface area contributed by atoms with Gasteiger partial charge in [0.2, 0.25) is 0 Å². The minimum Gasteiger partial charge on any atom is -0.497 e. The van der Waals surface area contributed by atoms with Crippen LogP contribution in [0.4, 0.5) is 11.5 Å². The van der Waals surface area contributed by atoms with E-state index in [0.717, 1.165) is 11.3 Å². The molecule has 1 aromatic heterocycles. The maximum absolute atomic E-state index is 12.7. The van der Waals surface area contributed by atoms with Crippen molar-refractivity contribution in [1.29, 1.82) is 0 Å². The summed E-state index contributed by atoms with van der Waals surface area (Å²) in [7, 11) is 4.75. The first kappa shape index (κ1) is 20.0. The number of hydrogen-bond donors (Lipinski definition) is 2. The molecule has 0 bridgehead atoms. The van der Waals surface area contributed by atoms with Crippen LogP contribution in [-0.2, 0) is 6.54 Å². The van der Waals surface area contributed by atoms with E-state index in [2.05, 4.69) is 15.6 Å². The maximum atomic E-state index is 12.7. The van der Waals surface area contributed by atoms with Crippen molar-refractivity contribution in [2.45, 2.75) is 6.54 Å². The zero-order chi connectivity index (χ0) is 20.6. The molecule has 0 aliphatic heterocycles. The van der Waals surface area contributed by atoms with Gasteiger partial charge in [-0.25, -0.2) is 4.98 Å². The molecule has 2 aromatic carbocycles. The van der Waals surface area contributed by atoms with Crippen molar-refractivity contribution in [2.75, 3.05) is 32.0 Å². The first-order chi connectivity index (χ1) is 14.1. The Morgan fingerprint density at radius 1 is 0.897 bits per heavy atom. The fourth-order valence-corrected chi connectivity index (χ4v) is 2.71. The summed E-state index contributed by atoms with van der Waals surface area (Å²) in [5.74, 6) is 2.31. The SMILES string of the molecule is COc1ccc(CNc2cc(C(=O)Nc3cc(OC)ccc3OC)ccn2)cc1. The van der Waals surface area contributed by atoms with Crippen LogP contribution in [-0.4, -0.2) is 32.2 Å². The Balaban J connectivity index is 1.69. The van der Waals surface area contributed by atoms with Gasteiger partial charge in [-0.1, -0.05) is 12.1 Å². The van der Waals surface area contributed by atoms with Gasteiger partial charge in [-0.3, -0.25) is 4.79 Å². The van der Waals surface area contributed by atoms with Crippen LogP contribution in [0.25, 0.3) is 0 Å². The summed E-state index contributed by atoms with van der Waals surface area (Å²) in [6.45, 7) is 0.575. The zero-order valence-electron chi connectivity index (χ0n) is 16.6. The van der Waals surface area contributed by atoms with Crippen LogP contribution in [0.5, 0.6) is 17.2 Å². The lowest BCUT2D eigenvalue weighted by atomic mass is 10.2. The van der Waals surface area contributed by atoms with Gasteiger partial charge in [0.15, 0.2) is 0 Å². The van der Waals surface area contributed by atoms with E-state index in [9.17, 15) is 4.79 Å². The smallest absolute Gasteiger partial charge is 0.255 e. The van der Waals surface area contributed by atoms with Gasteiger partial charge in [0.25, 0.3) is 5.91 Å². The number of methoxy groups -OCH3 is 3. The highest BCUT2D eigenvalue weighted by molar-refractivity contribution is 6.05. The molecule has 0 aliphatic rings. The third-order valence-corrected chi connectivity index (χ3v) is 4.31. The molecule has 0 saturated carbocycles. The van der Waals surface area contributed by atoms with Crippen molar-refractivity contribution < 1.29 is 19.0 Å². The van der Waals surface area contributed by atoms with Crippen molar-refractivity contribution in [3.63, 3.8) is 0 Å². The molecule has 3 aromatic rings. The lowest BCUT2D eigenvalue weighted by molar-refractivity contribution is 0.102. The number of anilines is 2. The minimum atomic E-state index is -0.272. The van der Waals surface area contributed by atoms with Gasteiger partial charge in [0.05, 0.1) is 27.0 Å². The number of carbonyl (C=O) groups is 1. The van der Waals surface area contributed by atoms with E-state index in [4.69, 9.17) is 14.2 Å². The Hall–Kier alpha value is -3.74. The maximum Gasteiger partial charge on any atom is 0.255 e. The Labute approximate surface area is 169 Å². The van der Waals surface area contributed by atoms with E-state index in [1.54, 1.807) is 57.9 Å². The van der Waals surface area contributed by atoms with Gasteiger partial charge >= 0.3 is 0 Å². The van der Waals surface area contributed by atoms with Crippen molar-refractivity contribution in [2.24, 2.45) is 0 Å². The summed E-state index contributed by atoms with van der Waals surface area (Å²) in [4.78, 5) is 17.0. The molecule has 29 heavy (non-hydrogen) atoms. The first-order valence-corrected chi connectivity index (χ1v) is 8.99. The van der Waals surface area contributed by atoms with E-state index in [-0.39, 0.29) is 5.91 Å². The molecule has 0 fully saturated rings. The van der Waals surface area contributed by atoms with Crippen LogP contribution >= 0.6 is 0 Å². The van der Waals surface area contributed by atoms with Gasteiger partial charge < -0.3 is 24.8 Å². The van der Waals surface area contributed by atoms with E-state index in [1.807, 2.05) is 24.3 Å². The van der Waals surface area contributed by atoms with Crippen LogP contribution in [0, 0.1) is 0 Å². The van der Waals surface area contributed by atoms with Crippen molar-refractivity contribution >= 4 is 17.4 Å². The summed E-state index contributed by atoms with van der Waals surface area (Å²) < 4.78 is 15.7. The number of hydrogen-bond acceptors (Lipinski definition) is 6. The number of pyridine rings is 1. The molecule has 1 amide bonds. The molecule has 150 valence electrons. The first-order valence-electron chi connectivity index (χ1n) is 8.99. The Bertz CT molecular complexity index is 974. The number of ether oxygens (including phenoxy) is 3. The molecule has 1 heterocycles. The average molecular weight is 393 g/mol. The highest BCUT2D eigenvalue weighted by Gasteiger charge is 2.12. The third-order valence-electron chi connectivity index (χ3n) is 4.31. The largest absolute Gasteiger partial charge is 0.497 e. The Kier molecular flexibility index (Phi) is 6.52. The van der Waals surface area contributed by atoms with Gasteiger partial charge in [-0.15, -0.1) is 0 Å². The molecule has 2 N–H and O–H groups in total. The van der Waals surface area contributed by atoms with Crippen LogP contribution in [0.2, 0.25) is 0 Å². The number of rotatable bonds is 8. The second kappa shape index (κ2) is 9.45. The van der Waals surface area contributed by atoms with Crippen molar-refractivity contribution in [3.8, 4) is 17.2 Å². The fourth-order valence-electron chi connectivity index (χ4n) is 2.71. The highest BCUT2D eigenvalue weighted by Crippen LogP contribution is 2.29. The molecule has 0 radical (unpaired) electrons. The molecule has 3 rings (SSSR count). The van der Waals surface area contributed by atoms with Crippen LogP contribution in [0.15, 0.2) is 60.8 Å². The highest BCUT2D eigenvalue weighted by atomic mass is 16.5. The molecule has 7 nitrogen and oxygen atoms in total. The molecule has 0 saturated heterocycles. The van der Waals surface area contributed by atoms with Gasteiger partial charge in [-0.05, 0) is 42.0 Å². The fraction of sp³-hybridized carbons (Fsp3) is 0.182. The minimum absolute atomic E-state index is 0.272. The van der Waals surface area contributed by atoms with Gasteiger partial charge in [-0.2, -0.15) is 0 Å². The number of benzene rings is 2. The lowest BCUT2D eigenvalue weighted by Gasteiger charge is -2.12. The van der Waals surface area contributed by atoms with E-state index >= 15 is 0 Å². The quantitative estimate of drug-likeness (QED) is 0.603. The van der Waals surface area contributed by atoms with Gasteiger partial charge in [0.1, 0.15) is 23.1 Å². The number of aromatic nitrogens is 1. The number of amides is 1. The lowest BCUT2D eigenvalue weighted by Crippen LogP contribution is -2.13. The molecule has 0 spiro atoms. The summed E-state index contributed by atoms with van der Waals surface area (Å²) in [5.41, 5.74) is 2.08. The molecule has 7 heteroatoms. The molecule has 0 aliphatic carbocycles. The van der Waals surface area contributed by atoms with Crippen LogP contribution in [0.3, 0.4) is 0 Å². The second-order valence-electron chi connectivity index (χ2n) is 6.15. The van der Waals surface area contributed by atoms with Crippen LogP contribution in [0.1, 0.15) is 15.9 Å². The van der Waals surface area contributed by atoms with E-state index < -0.39 is 0 Å². The number of carbonyl (C=O) groups excluding carboxylic acids is 1. The Morgan fingerprint density at radius 3 is 2.31 bits per heavy atom. The standard InChI is InChI=1S/C22H23N3O4/c1-27-17-6-4-15(5-7-17)14-24-21-12-16(10-11-23-21)22(26)25-19-13-18(28-2)8-9-20(19)29-3/h4-13H,14H2,1-3H3,(H,23,24)(H,25,26). The average Bonchev–Trinajstić information content (AvgIpc) is 2.78. The summed E-state index contributed by atoms with van der Waals surface area (Å²) in [6, 6.07) is 16.3. The van der Waals surface area contributed by atoms with Crippen molar-refractivity contribution in [1.82, 2.24) is 4.98 Å². The monoisotopic (exact) mass is 393 g/mol. The summed E-state index contributed by atoms with van der Waals surface area (Å²) in [5, 5.41) is 6.07. The Morgan fingerprint density at radius 2 is 1.62 bits per heavy atom. The van der Waals surface area contributed by atoms with Gasteiger partial charge in [0, 0.05) is 24.4 Å². The molecular weight excluding hydrogens is 370 g/mol. The summed E-state index contributed by atoms with van der Waals surface area (Å²) >= 11 is 0. The van der Waals surface area contributed by atoms with E-state index in [0.29, 0.717) is 35.1 Å². The predicted molar refractivity (Wildman–Crippen MR) is 112 cm³/mol. The topological polar surface area (TPSA) is 81.7 Å². The van der Waals surface area contributed by atoms with E-state index in [1.165, 1.54) is 0 Å². The molecule has 0 atom stereocenters. The van der Waals surface area contributed by atoms with Crippen molar-refractivity contribution in [3.05, 3.63) is 71.9 Å². The predicted octanol–water partition coefficient (Wildman–Crippen LogP) is 3.97. The normalized spacial score (nSPS) is 10.2. The third kappa shape index (κ3) is 5.16. The number of nitrogens with zero attached hydrogens (tertiary/aromatic N) is 1. The molecule has 0 unspecified atom stereocenters.